The first-order valence-electron chi connectivity index (χ1n) is 6.23. The average molecular weight is 232 g/mol. The Kier molecular flexibility index (Phi) is 3.48. The first-order valence-corrected chi connectivity index (χ1v) is 6.23. The summed E-state index contributed by atoms with van der Waals surface area (Å²) in [6, 6.07) is 6.41. The highest BCUT2D eigenvalue weighted by Gasteiger charge is 2.31. The van der Waals surface area contributed by atoms with E-state index in [1.54, 1.807) is 0 Å². The molecule has 0 saturated carbocycles. The molecular weight excluding hydrogens is 212 g/mol. The Morgan fingerprint density at radius 3 is 2.82 bits per heavy atom. The van der Waals surface area contributed by atoms with Crippen molar-refractivity contribution in [3.05, 3.63) is 34.9 Å². The molecule has 3 heteroatoms. The SMILES string of the molecule is CCCN1C(=O)CNC1c1ccc(C)cc1C. The maximum Gasteiger partial charge on any atom is 0.238 e. The van der Waals surface area contributed by atoms with Crippen LogP contribution in [0.1, 0.15) is 36.2 Å². The van der Waals surface area contributed by atoms with Crippen molar-refractivity contribution < 1.29 is 4.79 Å². The van der Waals surface area contributed by atoms with Crippen molar-refractivity contribution in [3.8, 4) is 0 Å². The zero-order valence-electron chi connectivity index (χ0n) is 10.8. The van der Waals surface area contributed by atoms with E-state index in [-0.39, 0.29) is 12.1 Å². The van der Waals surface area contributed by atoms with Crippen LogP contribution in [0.15, 0.2) is 18.2 Å². The highest BCUT2D eigenvalue weighted by atomic mass is 16.2. The quantitative estimate of drug-likeness (QED) is 0.866. The molecule has 1 amide bonds. The van der Waals surface area contributed by atoms with Gasteiger partial charge in [-0.15, -0.1) is 0 Å². The molecular formula is C14H20N2O. The molecule has 1 aromatic rings. The monoisotopic (exact) mass is 232 g/mol. The van der Waals surface area contributed by atoms with Crippen LogP contribution in [0.5, 0.6) is 0 Å². The van der Waals surface area contributed by atoms with Crippen molar-refractivity contribution in [2.45, 2.75) is 33.4 Å². The number of hydrogen-bond acceptors (Lipinski definition) is 2. The van der Waals surface area contributed by atoms with Gasteiger partial charge in [0.1, 0.15) is 6.17 Å². The topological polar surface area (TPSA) is 32.3 Å². The molecule has 1 heterocycles. The lowest BCUT2D eigenvalue weighted by Gasteiger charge is -2.25. The molecule has 17 heavy (non-hydrogen) atoms. The van der Waals surface area contributed by atoms with Gasteiger partial charge >= 0.3 is 0 Å². The van der Waals surface area contributed by atoms with E-state index < -0.39 is 0 Å². The number of carbonyl (C=O) groups excluding carboxylic acids is 1. The fourth-order valence-electron chi connectivity index (χ4n) is 2.44. The minimum atomic E-state index is 0.0584. The van der Waals surface area contributed by atoms with Crippen LogP contribution in [-0.4, -0.2) is 23.9 Å². The molecule has 1 fully saturated rings. The summed E-state index contributed by atoms with van der Waals surface area (Å²) < 4.78 is 0. The molecule has 1 saturated heterocycles. The van der Waals surface area contributed by atoms with Gasteiger partial charge in [0.05, 0.1) is 6.54 Å². The molecule has 1 aromatic carbocycles. The Balaban J connectivity index is 2.29. The number of benzene rings is 1. The molecule has 1 N–H and O–H groups in total. The lowest BCUT2D eigenvalue weighted by atomic mass is 10.0. The second-order valence-electron chi connectivity index (χ2n) is 4.73. The molecule has 0 bridgehead atoms. The molecule has 0 radical (unpaired) electrons. The highest BCUT2D eigenvalue weighted by Crippen LogP contribution is 2.25. The first-order chi connectivity index (χ1) is 8.13. The number of nitrogens with zero attached hydrogens (tertiary/aromatic N) is 1. The number of rotatable bonds is 3. The number of hydrogen-bond donors (Lipinski definition) is 1. The maximum absolute atomic E-state index is 11.8. The zero-order valence-corrected chi connectivity index (χ0v) is 10.8. The standard InChI is InChI=1S/C14H20N2O/c1-4-7-16-13(17)9-15-14(16)12-6-5-10(2)8-11(12)3/h5-6,8,14-15H,4,7,9H2,1-3H3. The summed E-state index contributed by atoms with van der Waals surface area (Å²) in [7, 11) is 0. The molecule has 0 aromatic heterocycles. The predicted octanol–water partition coefficient (Wildman–Crippen LogP) is 2.14. The van der Waals surface area contributed by atoms with Crippen molar-refractivity contribution >= 4 is 5.91 Å². The number of nitrogens with one attached hydrogen (secondary N) is 1. The Hall–Kier alpha value is -1.35. The molecule has 1 atom stereocenters. The van der Waals surface area contributed by atoms with E-state index in [0.717, 1.165) is 13.0 Å². The van der Waals surface area contributed by atoms with Crippen LogP contribution in [0, 0.1) is 13.8 Å². The smallest absolute Gasteiger partial charge is 0.238 e. The predicted molar refractivity (Wildman–Crippen MR) is 68.7 cm³/mol. The van der Waals surface area contributed by atoms with E-state index in [0.29, 0.717) is 6.54 Å². The minimum Gasteiger partial charge on any atom is -0.322 e. The second-order valence-corrected chi connectivity index (χ2v) is 4.73. The van der Waals surface area contributed by atoms with Gasteiger partial charge in [-0.3, -0.25) is 10.1 Å². The largest absolute Gasteiger partial charge is 0.322 e. The van der Waals surface area contributed by atoms with Crippen molar-refractivity contribution in [1.29, 1.82) is 0 Å². The van der Waals surface area contributed by atoms with Gasteiger partial charge in [0.15, 0.2) is 0 Å². The molecule has 2 rings (SSSR count). The lowest BCUT2D eigenvalue weighted by Crippen LogP contribution is -2.31. The van der Waals surface area contributed by atoms with Gasteiger partial charge in [-0.05, 0) is 31.4 Å². The number of carbonyl (C=O) groups is 1. The zero-order chi connectivity index (χ0) is 12.4. The third kappa shape index (κ3) is 2.34. The fourth-order valence-corrected chi connectivity index (χ4v) is 2.44. The van der Waals surface area contributed by atoms with Crippen molar-refractivity contribution in [3.63, 3.8) is 0 Å². The van der Waals surface area contributed by atoms with E-state index in [4.69, 9.17) is 0 Å². The Morgan fingerprint density at radius 2 is 2.18 bits per heavy atom. The first kappa shape index (κ1) is 12.1. The third-order valence-corrected chi connectivity index (χ3v) is 3.26. The summed E-state index contributed by atoms with van der Waals surface area (Å²) >= 11 is 0. The van der Waals surface area contributed by atoms with E-state index in [2.05, 4.69) is 44.3 Å². The maximum atomic E-state index is 11.8. The van der Waals surface area contributed by atoms with Crippen molar-refractivity contribution in [2.75, 3.05) is 13.1 Å². The van der Waals surface area contributed by atoms with Crippen LogP contribution in [0.4, 0.5) is 0 Å². The molecule has 3 nitrogen and oxygen atoms in total. The third-order valence-electron chi connectivity index (χ3n) is 3.26. The van der Waals surface area contributed by atoms with Gasteiger partial charge in [-0.25, -0.2) is 0 Å². The average Bonchev–Trinajstić information content (AvgIpc) is 2.62. The van der Waals surface area contributed by atoms with E-state index in [9.17, 15) is 4.79 Å². The highest BCUT2D eigenvalue weighted by molar-refractivity contribution is 5.81. The van der Waals surface area contributed by atoms with E-state index >= 15 is 0 Å². The summed E-state index contributed by atoms with van der Waals surface area (Å²) in [5, 5.41) is 3.29. The van der Waals surface area contributed by atoms with Crippen LogP contribution in [0.25, 0.3) is 0 Å². The van der Waals surface area contributed by atoms with Crippen LogP contribution in [-0.2, 0) is 4.79 Å². The van der Waals surface area contributed by atoms with Gasteiger partial charge in [0, 0.05) is 6.54 Å². The van der Waals surface area contributed by atoms with Gasteiger partial charge < -0.3 is 4.90 Å². The minimum absolute atomic E-state index is 0.0584. The summed E-state index contributed by atoms with van der Waals surface area (Å²) in [4.78, 5) is 13.7. The Bertz CT molecular complexity index is 428. The van der Waals surface area contributed by atoms with E-state index in [1.165, 1.54) is 16.7 Å². The molecule has 0 aliphatic carbocycles. The van der Waals surface area contributed by atoms with Crippen LogP contribution < -0.4 is 5.32 Å². The molecule has 1 aliphatic rings. The van der Waals surface area contributed by atoms with Crippen molar-refractivity contribution in [2.24, 2.45) is 0 Å². The second kappa shape index (κ2) is 4.88. The van der Waals surface area contributed by atoms with Gasteiger partial charge in [0.2, 0.25) is 5.91 Å². The Labute approximate surface area is 103 Å². The fraction of sp³-hybridized carbons (Fsp3) is 0.500. The van der Waals surface area contributed by atoms with Gasteiger partial charge in [0.25, 0.3) is 0 Å². The van der Waals surface area contributed by atoms with E-state index in [1.807, 2.05) is 4.90 Å². The normalized spacial score (nSPS) is 20.1. The number of aryl methyl sites for hydroxylation is 2. The summed E-state index contributed by atoms with van der Waals surface area (Å²) in [5.74, 6) is 0.205. The molecule has 0 spiro atoms. The number of amides is 1. The molecule has 1 aliphatic heterocycles. The van der Waals surface area contributed by atoms with Gasteiger partial charge in [-0.1, -0.05) is 30.7 Å². The van der Waals surface area contributed by atoms with Crippen molar-refractivity contribution in [1.82, 2.24) is 10.2 Å². The van der Waals surface area contributed by atoms with Crippen LogP contribution >= 0.6 is 0 Å². The van der Waals surface area contributed by atoms with Crippen LogP contribution in [0.3, 0.4) is 0 Å². The van der Waals surface area contributed by atoms with Crippen LogP contribution in [0.2, 0.25) is 0 Å². The molecule has 92 valence electrons. The summed E-state index contributed by atoms with van der Waals surface area (Å²) in [6.07, 6.45) is 1.05. The Morgan fingerprint density at radius 1 is 1.41 bits per heavy atom. The summed E-state index contributed by atoms with van der Waals surface area (Å²) in [5.41, 5.74) is 3.73. The molecule has 1 unspecified atom stereocenters. The summed E-state index contributed by atoms with van der Waals surface area (Å²) in [6.45, 7) is 7.58. The lowest BCUT2D eigenvalue weighted by molar-refractivity contribution is -0.128. The van der Waals surface area contributed by atoms with Gasteiger partial charge in [-0.2, -0.15) is 0 Å².